The van der Waals surface area contributed by atoms with Crippen molar-refractivity contribution in [3.8, 4) is 17.3 Å². The number of aryl methyl sites for hydroxylation is 1. The quantitative estimate of drug-likeness (QED) is 0.171. The van der Waals surface area contributed by atoms with E-state index in [-0.39, 0.29) is 73.4 Å². The summed E-state index contributed by atoms with van der Waals surface area (Å²) in [5, 5.41) is 22.2. The Morgan fingerprint density at radius 1 is 0.981 bits per heavy atom. The van der Waals surface area contributed by atoms with Gasteiger partial charge in [-0.15, -0.1) is 0 Å². The number of nitrogens with one attached hydrogen (secondary N) is 1. The van der Waals surface area contributed by atoms with E-state index in [1.54, 1.807) is 0 Å². The van der Waals surface area contributed by atoms with Gasteiger partial charge in [0, 0.05) is 11.0 Å². The highest BCUT2D eigenvalue weighted by Gasteiger charge is 2.72. The van der Waals surface area contributed by atoms with Gasteiger partial charge in [-0.3, -0.25) is 9.59 Å². The van der Waals surface area contributed by atoms with Gasteiger partial charge in [-0.05, 0) is 132 Å². The number of hydrogen-bond donors (Lipinski definition) is 2. The molecule has 9 heteroatoms. The summed E-state index contributed by atoms with van der Waals surface area (Å²) >= 11 is 1.13. The van der Waals surface area contributed by atoms with Crippen molar-refractivity contribution >= 4 is 17.7 Å². The fraction of sp³-hybridized carbons (Fsp3) is 0.727. The number of esters is 1. The van der Waals surface area contributed by atoms with Crippen LogP contribution in [-0.2, 0) is 14.3 Å². The van der Waals surface area contributed by atoms with Gasteiger partial charge in [0.2, 0.25) is 0 Å². The number of aromatic nitrogens is 2. The number of rotatable bonds is 6. The van der Waals surface area contributed by atoms with E-state index in [1.807, 2.05) is 37.3 Å². The van der Waals surface area contributed by atoms with Gasteiger partial charge in [0.25, 0.3) is 5.56 Å². The average molecular weight is 744 g/mol. The maximum Gasteiger partial charge on any atom is 0.316 e. The first-order valence-corrected chi connectivity index (χ1v) is 21.1. The zero-order chi connectivity index (χ0) is 38.4. The van der Waals surface area contributed by atoms with Crippen LogP contribution in [0.4, 0.5) is 0 Å². The number of H-pyrrole nitrogens is 1. The summed E-state index contributed by atoms with van der Waals surface area (Å²) in [5.41, 5.74) is 1.08. The van der Waals surface area contributed by atoms with Crippen LogP contribution in [0, 0.1) is 63.6 Å². The van der Waals surface area contributed by atoms with Crippen molar-refractivity contribution in [3.63, 3.8) is 0 Å². The van der Waals surface area contributed by atoms with Crippen molar-refractivity contribution in [2.45, 2.75) is 155 Å². The summed E-state index contributed by atoms with van der Waals surface area (Å²) in [6, 6.07) is 9.51. The molecule has 5 aliphatic rings. The van der Waals surface area contributed by atoms with E-state index in [9.17, 15) is 20.0 Å². The number of nitrogens with zero attached hydrogens (tertiary/aromatic N) is 2. The van der Waals surface area contributed by atoms with Crippen LogP contribution in [0.15, 0.2) is 34.2 Å². The fourth-order valence-electron chi connectivity index (χ4n) is 13.4. The van der Waals surface area contributed by atoms with Gasteiger partial charge in [0.1, 0.15) is 17.7 Å². The molecule has 288 valence electrons. The number of ether oxygens (including phenoxy) is 2. The highest BCUT2D eigenvalue weighted by molar-refractivity contribution is 7.99. The molecule has 5 fully saturated rings. The van der Waals surface area contributed by atoms with Crippen molar-refractivity contribution in [3.05, 3.63) is 45.7 Å². The first-order chi connectivity index (χ1) is 24.8. The minimum absolute atomic E-state index is 0.00427. The normalized spacial score (nSPS) is 39.9. The molecule has 1 aliphatic heterocycles. The zero-order valence-electron chi connectivity index (χ0n) is 33.4. The number of hydrogen-bond acceptors (Lipinski definition) is 8. The topological polar surface area (TPSA) is 125 Å². The van der Waals surface area contributed by atoms with Gasteiger partial charge in [0.15, 0.2) is 5.16 Å². The second kappa shape index (κ2) is 13.2. The van der Waals surface area contributed by atoms with Crippen molar-refractivity contribution < 1.29 is 19.4 Å². The number of carbonyl (C=O) groups is 1. The van der Waals surface area contributed by atoms with E-state index in [4.69, 9.17) is 9.47 Å². The van der Waals surface area contributed by atoms with E-state index in [0.717, 1.165) is 75.1 Å². The summed E-state index contributed by atoms with van der Waals surface area (Å²) in [6.07, 6.45) is 9.80. The Morgan fingerprint density at radius 3 is 2.36 bits per heavy atom. The van der Waals surface area contributed by atoms with Gasteiger partial charge in [-0.1, -0.05) is 76.2 Å². The molecule has 0 radical (unpaired) electrons. The summed E-state index contributed by atoms with van der Waals surface area (Å²) in [4.78, 5) is 33.6. The molecular formula is C44H61N3O5S. The number of carbonyl (C=O) groups excluding carboxylic acids is 1. The van der Waals surface area contributed by atoms with E-state index in [1.165, 1.54) is 6.42 Å². The lowest BCUT2D eigenvalue weighted by molar-refractivity contribution is -0.258. The molecule has 2 aromatic rings. The Kier molecular flexibility index (Phi) is 9.63. The van der Waals surface area contributed by atoms with Crippen molar-refractivity contribution in [1.82, 2.24) is 9.97 Å². The summed E-state index contributed by atoms with van der Waals surface area (Å²) in [7, 11) is 0. The lowest BCUT2D eigenvalue weighted by Crippen LogP contribution is -2.67. The van der Waals surface area contributed by atoms with Gasteiger partial charge in [-0.2, -0.15) is 5.26 Å². The lowest BCUT2D eigenvalue weighted by atomic mass is 9.35. The molecule has 0 bridgehead atoms. The molecule has 7 rings (SSSR count). The first kappa shape index (κ1) is 38.6. The number of aromatic amines is 1. The van der Waals surface area contributed by atoms with Crippen LogP contribution >= 0.6 is 11.8 Å². The third-order valence-corrected chi connectivity index (χ3v) is 16.9. The fourth-order valence-corrected chi connectivity index (χ4v) is 14.0. The molecule has 0 spiro atoms. The average Bonchev–Trinajstić information content (AvgIpc) is 3.46. The Hall–Kier alpha value is -2.67. The Balaban J connectivity index is 1.06. The number of aliphatic hydroxyl groups is 1. The van der Waals surface area contributed by atoms with Crippen LogP contribution in [-0.4, -0.2) is 50.2 Å². The third kappa shape index (κ3) is 6.22. The predicted molar refractivity (Wildman–Crippen MR) is 208 cm³/mol. The highest BCUT2D eigenvalue weighted by Crippen LogP contribution is 2.76. The first-order valence-electron chi connectivity index (χ1n) is 20.1. The SMILES string of the molecule is Cc1ccc(-c2nc(SCC(=O)O[C@H]3CC[C@@]4(C)[C@@H](CC[C@]5(C)[C@H]4C[C@@H](O)[C@@H]4[C@H]([C@@]6(C)CCCC(C)(C)O6)CC[C@]45C)C3(C)C)[nH]c(=O)c2C#N)cc1. The van der Waals surface area contributed by atoms with Crippen LogP contribution in [0.25, 0.3) is 11.3 Å². The Morgan fingerprint density at radius 2 is 1.68 bits per heavy atom. The number of thioether (sulfide) groups is 1. The second-order valence-electron chi connectivity index (χ2n) is 19.7. The standard InChI is InChI=1S/C44H61N3O5S/c1-26-11-13-27(14-12-26)36-28(24-45)37(50)47-38(46-36)53-25-34(49)51-33-17-20-41(6)31(40(33,4)5)16-22-42(7)32(41)23-30(48)35-29(15-21-43(35,42)8)44(9)19-10-18-39(2,3)52-44/h11-14,29-33,35,48H,10,15-23,25H2,1-9H3,(H,46,47,50)/t29-,30-,31+,32+,33+,35+,41+,42-,43-,44-/m1/s1. The molecule has 4 aliphatic carbocycles. The minimum Gasteiger partial charge on any atom is -0.461 e. The number of fused-ring (bicyclic) bond motifs is 5. The predicted octanol–water partition coefficient (Wildman–Crippen LogP) is 9.01. The number of aliphatic hydroxyl groups excluding tert-OH is 1. The number of nitriles is 1. The largest absolute Gasteiger partial charge is 0.461 e. The monoisotopic (exact) mass is 743 g/mol. The van der Waals surface area contributed by atoms with Crippen LogP contribution in [0.5, 0.6) is 0 Å². The molecule has 4 saturated carbocycles. The molecule has 1 aromatic heterocycles. The molecule has 0 unspecified atom stereocenters. The van der Waals surface area contributed by atoms with Crippen molar-refractivity contribution in [2.24, 2.45) is 45.3 Å². The zero-order valence-corrected chi connectivity index (χ0v) is 34.3. The maximum atomic E-state index is 13.5. The van der Waals surface area contributed by atoms with Gasteiger partial charge in [-0.25, -0.2) is 4.98 Å². The van der Waals surface area contributed by atoms with E-state index in [2.05, 4.69) is 65.4 Å². The van der Waals surface area contributed by atoms with Crippen LogP contribution < -0.4 is 5.56 Å². The summed E-state index contributed by atoms with van der Waals surface area (Å²) in [5.74, 6) is 1.01. The third-order valence-electron chi connectivity index (χ3n) is 16.0. The van der Waals surface area contributed by atoms with Gasteiger partial charge in [0.05, 0.1) is 28.8 Å². The van der Waals surface area contributed by atoms with Crippen LogP contribution in [0.3, 0.4) is 0 Å². The summed E-state index contributed by atoms with van der Waals surface area (Å²) < 4.78 is 13.2. The maximum absolute atomic E-state index is 13.5. The molecule has 2 heterocycles. The smallest absolute Gasteiger partial charge is 0.316 e. The van der Waals surface area contributed by atoms with Crippen molar-refractivity contribution in [1.29, 1.82) is 5.26 Å². The molecular weight excluding hydrogens is 683 g/mol. The van der Waals surface area contributed by atoms with E-state index < -0.39 is 5.56 Å². The molecule has 1 aromatic carbocycles. The molecule has 53 heavy (non-hydrogen) atoms. The summed E-state index contributed by atoms with van der Waals surface area (Å²) in [6.45, 7) is 20.9. The van der Waals surface area contributed by atoms with Gasteiger partial charge >= 0.3 is 5.97 Å². The molecule has 2 N–H and O–H groups in total. The molecule has 1 saturated heterocycles. The van der Waals surface area contributed by atoms with Gasteiger partial charge < -0.3 is 19.6 Å². The lowest BCUT2D eigenvalue weighted by Gasteiger charge is -2.70. The van der Waals surface area contributed by atoms with Crippen LogP contribution in [0.2, 0.25) is 0 Å². The van der Waals surface area contributed by atoms with Crippen molar-refractivity contribution in [2.75, 3.05) is 5.75 Å². The highest BCUT2D eigenvalue weighted by atomic mass is 32.2. The minimum atomic E-state index is -0.521. The number of benzene rings is 1. The Labute approximate surface area is 320 Å². The molecule has 0 amide bonds. The van der Waals surface area contributed by atoms with E-state index in [0.29, 0.717) is 29.0 Å². The molecule has 10 atom stereocenters. The van der Waals surface area contributed by atoms with Crippen LogP contribution in [0.1, 0.15) is 131 Å². The molecule has 8 nitrogen and oxygen atoms in total. The Bertz CT molecular complexity index is 1850. The second-order valence-corrected chi connectivity index (χ2v) is 20.7. The van der Waals surface area contributed by atoms with E-state index >= 15 is 0 Å².